The molecular formula is C20H27N7O. The minimum Gasteiger partial charge on any atom is -0.369 e. The summed E-state index contributed by atoms with van der Waals surface area (Å²) in [5, 5.41) is 15.9. The molecule has 8 heteroatoms. The van der Waals surface area contributed by atoms with E-state index in [9.17, 15) is 10.1 Å². The monoisotopic (exact) mass is 381 g/mol. The fourth-order valence-electron chi connectivity index (χ4n) is 3.65. The van der Waals surface area contributed by atoms with Gasteiger partial charge in [-0.3, -0.25) is 4.79 Å². The van der Waals surface area contributed by atoms with E-state index in [4.69, 9.17) is 5.73 Å². The third-order valence-electron chi connectivity index (χ3n) is 5.30. The number of hydrogen-bond donors (Lipinski definition) is 3. The highest BCUT2D eigenvalue weighted by atomic mass is 16.1. The zero-order valence-corrected chi connectivity index (χ0v) is 16.2. The van der Waals surface area contributed by atoms with Crippen LogP contribution >= 0.6 is 0 Å². The summed E-state index contributed by atoms with van der Waals surface area (Å²) in [5.41, 5.74) is 7.10. The minimum atomic E-state index is -0.224. The van der Waals surface area contributed by atoms with Gasteiger partial charge in [-0.05, 0) is 44.2 Å². The lowest BCUT2D eigenvalue weighted by Crippen LogP contribution is -2.32. The fourth-order valence-corrected chi connectivity index (χ4v) is 3.65. The number of carbonyl (C=O) groups excluding carboxylic acids is 1. The first-order valence-corrected chi connectivity index (χ1v) is 9.81. The number of primary amides is 1. The molecule has 1 saturated carbocycles. The molecule has 1 aliphatic rings. The lowest BCUT2D eigenvalue weighted by atomic mass is 9.85. The average molecular weight is 381 g/mol. The van der Waals surface area contributed by atoms with Crippen molar-refractivity contribution in [1.29, 1.82) is 5.26 Å². The molecule has 0 spiro atoms. The number of nitrogens with one attached hydrogen (secondary N) is 2. The van der Waals surface area contributed by atoms with Gasteiger partial charge in [-0.2, -0.15) is 10.2 Å². The van der Waals surface area contributed by atoms with Crippen LogP contribution in [-0.4, -0.2) is 33.0 Å². The summed E-state index contributed by atoms with van der Waals surface area (Å²) in [6.07, 6.45) is 7.79. The van der Waals surface area contributed by atoms with Crippen LogP contribution in [0, 0.1) is 17.2 Å². The van der Waals surface area contributed by atoms with Crippen LogP contribution in [0.1, 0.15) is 43.9 Å². The van der Waals surface area contributed by atoms with Crippen molar-refractivity contribution >= 4 is 17.7 Å². The lowest BCUT2D eigenvalue weighted by molar-refractivity contribution is -0.122. The molecule has 1 amide bonds. The molecule has 1 aliphatic carbocycles. The van der Waals surface area contributed by atoms with Gasteiger partial charge < -0.3 is 20.9 Å². The van der Waals surface area contributed by atoms with Crippen molar-refractivity contribution < 1.29 is 4.79 Å². The highest BCUT2D eigenvalue weighted by Gasteiger charge is 2.25. The number of nitrogens with zero attached hydrogens (tertiary/aromatic N) is 4. The van der Waals surface area contributed by atoms with Gasteiger partial charge in [0.2, 0.25) is 11.9 Å². The Labute approximate surface area is 165 Å². The van der Waals surface area contributed by atoms with Crippen molar-refractivity contribution in [3.05, 3.63) is 35.8 Å². The molecule has 2 heterocycles. The minimum absolute atomic E-state index is 0.0437. The van der Waals surface area contributed by atoms with E-state index >= 15 is 0 Å². The zero-order valence-electron chi connectivity index (χ0n) is 16.2. The summed E-state index contributed by atoms with van der Waals surface area (Å²) < 4.78 is 2.20. The highest BCUT2D eigenvalue weighted by Crippen LogP contribution is 2.27. The van der Waals surface area contributed by atoms with Gasteiger partial charge in [-0.1, -0.05) is 6.92 Å². The number of aromatic nitrogens is 3. The second-order valence-electron chi connectivity index (χ2n) is 7.14. The van der Waals surface area contributed by atoms with Crippen molar-refractivity contribution in [2.45, 2.75) is 51.6 Å². The second-order valence-corrected chi connectivity index (χ2v) is 7.14. The Morgan fingerprint density at radius 1 is 1.39 bits per heavy atom. The number of hydrogen-bond acceptors (Lipinski definition) is 6. The van der Waals surface area contributed by atoms with Crippen molar-refractivity contribution in [3.63, 3.8) is 0 Å². The van der Waals surface area contributed by atoms with Gasteiger partial charge in [0.1, 0.15) is 17.5 Å². The van der Waals surface area contributed by atoms with Crippen molar-refractivity contribution in [3.8, 4) is 6.07 Å². The van der Waals surface area contributed by atoms with Crippen LogP contribution in [-0.2, 0) is 17.8 Å². The average Bonchev–Trinajstić information content (AvgIpc) is 3.16. The molecular weight excluding hydrogens is 354 g/mol. The van der Waals surface area contributed by atoms with Crippen molar-refractivity contribution in [1.82, 2.24) is 14.5 Å². The van der Waals surface area contributed by atoms with Gasteiger partial charge in [0, 0.05) is 36.9 Å². The van der Waals surface area contributed by atoms with Gasteiger partial charge in [-0.25, -0.2) is 4.98 Å². The van der Waals surface area contributed by atoms with Crippen LogP contribution in [0.25, 0.3) is 0 Å². The van der Waals surface area contributed by atoms with E-state index in [1.54, 1.807) is 6.20 Å². The summed E-state index contributed by atoms with van der Waals surface area (Å²) in [7, 11) is 0. The predicted molar refractivity (Wildman–Crippen MR) is 108 cm³/mol. The maximum Gasteiger partial charge on any atom is 0.224 e. The third-order valence-corrected chi connectivity index (χ3v) is 5.30. The summed E-state index contributed by atoms with van der Waals surface area (Å²) >= 11 is 0. The van der Waals surface area contributed by atoms with Crippen LogP contribution in [0.4, 0.5) is 11.8 Å². The molecule has 0 aromatic carbocycles. The number of anilines is 2. The first-order chi connectivity index (χ1) is 13.6. The number of nitrogens with two attached hydrogens (primary N) is 1. The number of aryl methyl sites for hydroxylation is 1. The van der Waals surface area contributed by atoms with Gasteiger partial charge in [0.05, 0.1) is 6.20 Å². The maximum atomic E-state index is 11.3. The lowest BCUT2D eigenvalue weighted by Gasteiger charge is -2.28. The second kappa shape index (κ2) is 9.22. The Morgan fingerprint density at radius 2 is 2.18 bits per heavy atom. The molecule has 0 atom stereocenters. The molecule has 0 bridgehead atoms. The van der Waals surface area contributed by atoms with E-state index in [-0.39, 0.29) is 17.9 Å². The predicted octanol–water partition coefficient (Wildman–Crippen LogP) is 2.28. The van der Waals surface area contributed by atoms with Gasteiger partial charge in [-0.15, -0.1) is 0 Å². The van der Waals surface area contributed by atoms with Crippen LogP contribution in [0.5, 0.6) is 0 Å². The number of carbonyl (C=O) groups is 1. The first kappa shape index (κ1) is 19.7. The standard InChI is InChI=1S/C20H27N7O/c1-2-17-4-3-10-27(17)11-9-23-20-24-13-15(12-21)19(26-20)25-16-7-5-14(6-8-16)18(22)28/h3-4,10,13-14,16H,2,5-9,11H2,1H3,(H2,22,28)(H2,23,24,25,26). The summed E-state index contributed by atoms with van der Waals surface area (Å²) in [6, 6.07) is 6.48. The van der Waals surface area contributed by atoms with Gasteiger partial charge in [0.15, 0.2) is 0 Å². The summed E-state index contributed by atoms with van der Waals surface area (Å²) in [6.45, 7) is 3.65. The topological polar surface area (TPSA) is 122 Å². The summed E-state index contributed by atoms with van der Waals surface area (Å²) in [4.78, 5) is 20.1. The Kier molecular flexibility index (Phi) is 6.48. The maximum absolute atomic E-state index is 11.3. The van der Waals surface area contributed by atoms with E-state index < -0.39 is 0 Å². The molecule has 0 saturated heterocycles. The molecule has 4 N–H and O–H groups in total. The normalized spacial score (nSPS) is 19.0. The van der Waals surface area contributed by atoms with Crippen molar-refractivity contribution in [2.24, 2.45) is 11.7 Å². The van der Waals surface area contributed by atoms with Gasteiger partial charge >= 0.3 is 0 Å². The van der Waals surface area contributed by atoms with Crippen molar-refractivity contribution in [2.75, 3.05) is 17.2 Å². The van der Waals surface area contributed by atoms with Crippen LogP contribution in [0.2, 0.25) is 0 Å². The number of amides is 1. The largest absolute Gasteiger partial charge is 0.369 e. The molecule has 1 fully saturated rings. The molecule has 0 aliphatic heterocycles. The highest BCUT2D eigenvalue weighted by molar-refractivity contribution is 5.76. The van der Waals surface area contributed by atoms with E-state index in [1.165, 1.54) is 5.69 Å². The van der Waals surface area contributed by atoms with E-state index in [2.05, 4.69) is 50.4 Å². The SMILES string of the molecule is CCc1cccn1CCNc1ncc(C#N)c(NC2CCC(C(N)=O)CC2)n1. The van der Waals surface area contributed by atoms with E-state index in [1.807, 2.05) is 6.07 Å². The molecule has 3 rings (SSSR count). The molecule has 8 nitrogen and oxygen atoms in total. The number of rotatable bonds is 8. The fraction of sp³-hybridized carbons (Fsp3) is 0.500. The molecule has 0 unspecified atom stereocenters. The summed E-state index contributed by atoms with van der Waals surface area (Å²) in [5.74, 6) is 0.770. The third kappa shape index (κ3) is 4.80. The Bertz CT molecular complexity index is 846. The Morgan fingerprint density at radius 3 is 2.86 bits per heavy atom. The quantitative estimate of drug-likeness (QED) is 0.645. The first-order valence-electron chi connectivity index (χ1n) is 9.81. The molecule has 2 aromatic heterocycles. The van der Waals surface area contributed by atoms with Crippen LogP contribution in [0.3, 0.4) is 0 Å². The Balaban J connectivity index is 1.59. The smallest absolute Gasteiger partial charge is 0.224 e. The molecule has 28 heavy (non-hydrogen) atoms. The zero-order chi connectivity index (χ0) is 19.9. The van der Waals surface area contributed by atoms with Crippen LogP contribution in [0.15, 0.2) is 24.5 Å². The van der Waals surface area contributed by atoms with Gasteiger partial charge in [0.25, 0.3) is 0 Å². The molecule has 0 radical (unpaired) electrons. The van der Waals surface area contributed by atoms with Crippen LogP contribution < -0.4 is 16.4 Å². The van der Waals surface area contributed by atoms with E-state index in [0.717, 1.165) is 38.6 Å². The number of nitriles is 1. The molecule has 148 valence electrons. The molecule has 2 aromatic rings. The van der Waals surface area contributed by atoms with E-state index in [0.29, 0.717) is 23.9 Å². The Hall–Kier alpha value is -3.08.